The lowest BCUT2D eigenvalue weighted by molar-refractivity contribution is 0.674. The van der Waals surface area contributed by atoms with E-state index in [-0.39, 0.29) is 0 Å². The molecule has 0 aliphatic heterocycles. The zero-order valence-corrected chi connectivity index (χ0v) is 35.4. The molecule has 3 heteroatoms. The van der Waals surface area contributed by atoms with Crippen molar-refractivity contribution in [3.8, 4) is 39.1 Å². The number of nitrogens with zero attached hydrogens (tertiary/aromatic N) is 2. The Morgan fingerprint density at radius 1 is 0.308 bits per heavy atom. The van der Waals surface area contributed by atoms with Crippen LogP contribution in [0.3, 0.4) is 0 Å². The highest BCUT2D eigenvalue weighted by molar-refractivity contribution is 6.18. The summed E-state index contributed by atoms with van der Waals surface area (Å²) >= 11 is 0. The van der Waals surface area contributed by atoms with Crippen molar-refractivity contribution in [2.45, 2.75) is 0 Å². The topological polar surface area (TPSA) is 21.3 Å². The Hall–Kier alpha value is -8.66. The second-order valence-corrected chi connectivity index (χ2v) is 16.8. The van der Waals surface area contributed by atoms with Crippen LogP contribution >= 0.6 is 0 Å². The van der Waals surface area contributed by atoms with Gasteiger partial charge < -0.3 is 13.9 Å². The van der Waals surface area contributed by atoms with Crippen molar-refractivity contribution < 1.29 is 4.42 Å². The molecule has 3 nitrogen and oxygen atoms in total. The summed E-state index contributed by atoms with van der Waals surface area (Å²) in [5, 5.41) is 9.46. The van der Waals surface area contributed by atoms with Gasteiger partial charge in [0.25, 0.3) is 0 Å². The SMILES string of the molecule is c1cc(-c2ccc(N(c3ccccc3-c3ccc4ccccc4c3)c3ccccc3-c3cccc4c3oc3c5ccccc5ccc43)cc2)cc(-n2c3ccccc3c3ccccc32)c1. The summed E-state index contributed by atoms with van der Waals surface area (Å²) in [4.78, 5) is 2.43. The lowest BCUT2D eigenvalue weighted by Gasteiger charge is -2.30. The van der Waals surface area contributed by atoms with Gasteiger partial charge in [0.05, 0.1) is 22.4 Å². The van der Waals surface area contributed by atoms with Crippen LogP contribution in [0.2, 0.25) is 0 Å². The molecule has 0 saturated carbocycles. The van der Waals surface area contributed by atoms with Crippen molar-refractivity contribution in [1.82, 2.24) is 4.57 Å². The first-order valence-electron chi connectivity index (χ1n) is 22.2. The number of para-hydroxylation sites is 5. The summed E-state index contributed by atoms with van der Waals surface area (Å²) in [7, 11) is 0. The van der Waals surface area contributed by atoms with Gasteiger partial charge in [0.1, 0.15) is 11.2 Å². The molecule has 2 heterocycles. The quantitative estimate of drug-likeness (QED) is 0.160. The van der Waals surface area contributed by atoms with Crippen LogP contribution in [0.5, 0.6) is 0 Å². The molecule has 0 N–H and O–H groups in total. The molecule has 0 unspecified atom stereocenters. The third-order valence-corrected chi connectivity index (χ3v) is 13.2. The minimum atomic E-state index is 0.882. The van der Waals surface area contributed by atoms with Crippen LogP contribution in [0, 0.1) is 0 Å². The fourth-order valence-electron chi connectivity index (χ4n) is 10.1. The summed E-state index contributed by atoms with van der Waals surface area (Å²) in [5.41, 5.74) is 15.3. The van der Waals surface area contributed by atoms with Crippen molar-refractivity contribution in [2.75, 3.05) is 4.90 Å². The smallest absolute Gasteiger partial charge is 0.143 e. The molecule has 13 rings (SSSR count). The van der Waals surface area contributed by atoms with E-state index < -0.39 is 0 Å². The summed E-state index contributed by atoms with van der Waals surface area (Å²) < 4.78 is 9.34. The summed E-state index contributed by atoms with van der Waals surface area (Å²) in [6.45, 7) is 0. The molecule has 0 fully saturated rings. The average molecular weight is 829 g/mol. The lowest BCUT2D eigenvalue weighted by Crippen LogP contribution is -2.12. The zero-order valence-electron chi connectivity index (χ0n) is 35.4. The third kappa shape index (κ3) is 6.05. The minimum Gasteiger partial charge on any atom is -0.455 e. The van der Waals surface area contributed by atoms with E-state index in [4.69, 9.17) is 4.42 Å². The molecule has 0 bridgehead atoms. The highest BCUT2D eigenvalue weighted by atomic mass is 16.3. The molecule has 0 amide bonds. The summed E-state index contributed by atoms with van der Waals surface area (Å²) in [5.74, 6) is 0. The zero-order chi connectivity index (χ0) is 42.8. The van der Waals surface area contributed by atoms with E-state index in [2.05, 4.69) is 252 Å². The number of fused-ring (bicyclic) bond motifs is 9. The van der Waals surface area contributed by atoms with E-state index in [0.29, 0.717) is 0 Å². The van der Waals surface area contributed by atoms with Gasteiger partial charge in [-0.15, -0.1) is 0 Å². The minimum absolute atomic E-state index is 0.882. The van der Waals surface area contributed by atoms with Crippen molar-refractivity contribution in [3.05, 3.63) is 243 Å². The number of hydrogen-bond donors (Lipinski definition) is 0. The second-order valence-electron chi connectivity index (χ2n) is 16.8. The Kier molecular flexibility index (Phi) is 8.53. The first kappa shape index (κ1) is 36.9. The number of aromatic nitrogens is 1. The van der Waals surface area contributed by atoms with Crippen LogP contribution in [0.4, 0.5) is 17.1 Å². The Bertz CT molecular complexity index is 3910. The fraction of sp³-hybridized carbons (Fsp3) is 0. The molecule has 65 heavy (non-hydrogen) atoms. The Labute approximate surface area is 376 Å². The van der Waals surface area contributed by atoms with E-state index in [1.54, 1.807) is 0 Å². The maximum absolute atomic E-state index is 6.96. The molecule has 0 aliphatic carbocycles. The third-order valence-electron chi connectivity index (χ3n) is 13.2. The van der Waals surface area contributed by atoms with Crippen LogP contribution in [0.1, 0.15) is 0 Å². The van der Waals surface area contributed by atoms with Gasteiger partial charge in [0.15, 0.2) is 0 Å². The molecule has 0 atom stereocenters. The Morgan fingerprint density at radius 3 is 1.65 bits per heavy atom. The van der Waals surface area contributed by atoms with Crippen LogP contribution < -0.4 is 4.90 Å². The maximum Gasteiger partial charge on any atom is 0.143 e. The van der Waals surface area contributed by atoms with Gasteiger partial charge in [-0.25, -0.2) is 0 Å². The first-order chi connectivity index (χ1) is 32.2. The number of hydrogen-bond acceptors (Lipinski definition) is 2. The normalized spacial score (nSPS) is 11.7. The molecule has 2 aromatic heterocycles. The van der Waals surface area contributed by atoms with Crippen LogP contribution in [0.25, 0.3) is 104 Å². The van der Waals surface area contributed by atoms with Crippen LogP contribution in [0.15, 0.2) is 247 Å². The monoisotopic (exact) mass is 828 g/mol. The van der Waals surface area contributed by atoms with Crippen molar-refractivity contribution in [1.29, 1.82) is 0 Å². The van der Waals surface area contributed by atoms with Crippen molar-refractivity contribution >= 4 is 82.4 Å². The highest BCUT2D eigenvalue weighted by Gasteiger charge is 2.23. The first-order valence-corrected chi connectivity index (χ1v) is 22.2. The Balaban J connectivity index is 0.985. The molecular weight excluding hydrogens is 789 g/mol. The van der Waals surface area contributed by atoms with E-state index >= 15 is 0 Å². The van der Waals surface area contributed by atoms with Gasteiger partial charge >= 0.3 is 0 Å². The molecule has 13 aromatic rings. The molecule has 0 saturated heterocycles. The summed E-state index contributed by atoms with van der Waals surface area (Å²) in [6, 6.07) is 87.7. The number of benzene rings is 11. The van der Waals surface area contributed by atoms with Crippen LogP contribution in [-0.4, -0.2) is 4.57 Å². The van der Waals surface area contributed by atoms with E-state index in [1.807, 2.05) is 0 Å². The lowest BCUT2D eigenvalue weighted by atomic mass is 9.96. The summed E-state index contributed by atoms with van der Waals surface area (Å²) in [6.07, 6.45) is 0. The number of furan rings is 1. The average Bonchev–Trinajstić information content (AvgIpc) is 3.94. The van der Waals surface area contributed by atoms with Gasteiger partial charge in [-0.1, -0.05) is 182 Å². The van der Waals surface area contributed by atoms with Gasteiger partial charge in [0, 0.05) is 55.0 Å². The molecule has 304 valence electrons. The fourth-order valence-corrected chi connectivity index (χ4v) is 10.1. The Morgan fingerprint density at radius 2 is 0.862 bits per heavy atom. The van der Waals surface area contributed by atoms with Crippen molar-refractivity contribution in [3.63, 3.8) is 0 Å². The highest BCUT2D eigenvalue weighted by Crippen LogP contribution is 2.48. The molecule has 0 spiro atoms. The van der Waals surface area contributed by atoms with E-state index in [1.165, 1.54) is 38.0 Å². The number of anilines is 3. The van der Waals surface area contributed by atoms with Crippen molar-refractivity contribution in [2.24, 2.45) is 0 Å². The van der Waals surface area contributed by atoms with E-state index in [0.717, 1.165) is 83.5 Å². The van der Waals surface area contributed by atoms with Gasteiger partial charge in [-0.2, -0.15) is 0 Å². The number of rotatable bonds is 7. The predicted molar refractivity (Wildman–Crippen MR) is 274 cm³/mol. The molecular formula is C62H40N2O. The molecule has 0 radical (unpaired) electrons. The standard InChI is InChI=1S/C62H40N2O/c1-2-17-44-39-46(32-31-41(44)15-1)49-20-5-9-27-57(49)63(60-30-12-8-24-53(60)54-25-14-26-55-56-38-35-43-16-3-4-21-50(43)61(56)65-62(54)55)47-36-33-42(34-37-47)45-18-13-19-48(40-45)64-58-28-10-6-22-51(58)52-23-7-11-29-59(52)64/h1-40H. The van der Waals surface area contributed by atoms with E-state index in [9.17, 15) is 0 Å². The molecule has 0 aliphatic rings. The predicted octanol–water partition coefficient (Wildman–Crippen LogP) is 17.5. The largest absolute Gasteiger partial charge is 0.455 e. The van der Waals surface area contributed by atoms with Crippen LogP contribution in [-0.2, 0) is 0 Å². The van der Waals surface area contributed by atoms with Gasteiger partial charge in [-0.3, -0.25) is 0 Å². The van der Waals surface area contributed by atoms with Gasteiger partial charge in [-0.05, 0) is 93.5 Å². The van der Waals surface area contributed by atoms with Gasteiger partial charge in [0.2, 0.25) is 0 Å². The second kappa shape index (κ2) is 15.0. The maximum atomic E-state index is 6.96. The molecule has 11 aromatic carbocycles.